The van der Waals surface area contributed by atoms with Crippen molar-refractivity contribution in [2.45, 2.75) is 20.3 Å². The number of hydrogen-bond donors (Lipinski definition) is 1. The molecule has 0 aliphatic rings. The van der Waals surface area contributed by atoms with Gasteiger partial charge in [-0.05, 0) is 6.42 Å². The lowest BCUT2D eigenvalue weighted by atomic mass is 10.1. The molecule has 0 aliphatic heterocycles. The zero-order valence-corrected chi connectivity index (χ0v) is 4.68. The van der Waals surface area contributed by atoms with Gasteiger partial charge in [0.05, 0.1) is 0 Å². The minimum atomic E-state index is 0.282. The lowest BCUT2D eigenvalue weighted by Crippen LogP contribution is -1.90. The molecule has 1 radical (unpaired) electrons. The predicted molar refractivity (Wildman–Crippen MR) is 28.7 cm³/mol. The summed E-state index contributed by atoms with van der Waals surface area (Å²) in [6, 6.07) is 0. The summed E-state index contributed by atoms with van der Waals surface area (Å²) in [5.41, 5.74) is 0. The minimum absolute atomic E-state index is 0.282. The third kappa shape index (κ3) is 3.30. The molecule has 0 spiro atoms. The third-order valence-corrected chi connectivity index (χ3v) is 0.890. The van der Waals surface area contributed by atoms with E-state index in [1.807, 2.05) is 13.8 Å². The first kappa shape index (κ1) is 6.47. The van der Waals surface area contributed by atoms with Gasteiger partial charge in [-0.3, -0.25) is 0 Å². The van der Waals surface area contributed by atoms with Gasteiger partial charge in [-0.15, -0.1) is 0 Å². The second-order valence-corrected chi connectivity index (χ2v) is 1.54. The van der Waals surface area contributed by atoms with Crippen LogP contribution in [0.2, 0.25) is 0 Å². The Morgan fingerprint density at radius 2 is 2.43 bits per heavy atom. The largest absolute Gasteiger partial charge is 0.411 e. The summed E-state index contributed by atoms with van der Waals surface area (Å²) in [5, 5.41) is 10.6. The first-order valence-electron chi connectivity index (χ1n) is 2.40. The molecule has 0 saturated heterocycles. The highest BCUT2D eigenvalue weighted by Gasteiger charge is 1.90. The summed E-state index contributed by atoms with van der Waals surface area (Å²) < 4.78 is 0. The molecule has 0 saturated carbocycles. The lowest BCUT2D eigenvalue weighted by molar-refractivity contribution is 0.318. The van der Waals surface area contributed by atoms with Gasteiger partial charge in [0.2, 0.25) is 0 Å². The average molecular weight is 100 g/mol. The Balaban J connectivity index is 3.16. The van der Waals surface area contributed by atoms with Crippen molar-refractivity contribution in [1.82, 2.24) is 0 Å². The van der Waals surface area contributed by atoms with Gasteiger partial charge in [-0.1, -0.05) is 19.0 Å². The molecule has 1 N–H and O–H groups in total. The van der Waals surface area contributed by atoms with Crippen LogP contribution >= 0.6 is 0 Å². The molecule has 0 aromatic carbocycles. The maximum Gasteiger partial charge on any atom is 0.107 e. The van der Waals surface area contributed by atoms with Crippen molar-refractivity contribution < 1.29 is 5.21 Å². The van der Waals surface area contributed by atoms with E-state index >= 15 is 0 Å². The molecule has 0 aliphatic carbocycles. The summed E-state index contributed by atoms with van der Waals surface area (Å²) in [5.74, 6) is 0.282. The van der Waals surface area contributed by atoms with E-state index in [0.29, 0.717) is 0 Å². The Labute approximate surface area is 43.8 Å². The molecule has 0 fully saturated rings. The van der Waals surface area contributed by atoms with Crippen LogP contribution in [0.15, 0.2) is 5.16 Å². The number of hydrogen-bond acceptors (Lipinski definition) is 2. The highest BCUT2D eigenvalue weighted by atomic mass is 16.4. The van der Waals surface area contributed by atoms with Gasteiger partial charge in [-0.2, -0.15) is 0 Å². The predicted octanol–water partition coefficient (Wildman–Crippen LogP) is 1.37. The molecule has 0 aromatic rings. The monoisotopic (exact) mass is 100 g/mol. The van der Waals surface area contributed by atoms with Crippen LogP contribution in [0.25, 0.3) is 0 Å². The molecule has 1 unspecified atom stereocenters. The van der Waals surface area contributed by atoms with Crippen LogP contribution in [0.5, 0.6) is 0 Å². The average Bonchev–Trinajstić information content (AvgIpc) is 1.68. The first-order chi connectivity index (χ1) is 3.31. The first-order valence-corrected chi connectivity index (χ1v) is 2.40. The molecule has 1 atom stereocenters. The molecule has 41 valence electrons. The van der Waals surface area contributed by atoms with E-state index in [2.05, 4.69) is 11.4 Å². The standard InChI is InChI=1S/C5H10NO/c1-3-5(2)4-6-7/h5,7H,3H2,1-2H3. The van der Waals surface area contributed by atoms with Crippen LogP contribution in [0.3, 0.4) is 0 Å². The second kappa shape index (κ2) is 3.65. The number of rotatable bonds is 2. The molecule has 2 nitrogen and oxygen atoms in total. The fourth-order valence-corrected chi connectivity index (χ4v) is 0.190. The Bertz CT molecular complexity index is 61.1. The quantitative estimate of drug-likeness (QED) is 0.317. The van der Waals surface area contributed by atoms with Crippen LogP contribution in [0.4, 0.5) is 0 Å². The van der Waals surface area contributed by atoms with Crippen LogP contribution in [0, 0.1) is 5.92 Å². The molecule has 0 amide bonds. The van der Waals surface area contributed by atoms with E-state index in [-0.39, 0.29) is 5.92 Å². The van der Waals surface area contributed by atoms with E-state index in [4.69, 9.17) is 5.21 Å². The van der Waals surface area contributed by atoms with Gasteiger partial charge in [0.25, 0.3) is 0 Å². The number of nitrogens with zero attached hydrogens (tertiary/aromatic N) is 1. The highest BCUT2D eigenvalue weighted by molar-refractivity contribution is 5.58. The summed E-state index contributed by atoms with van der Waals surface area (Å²) in [7, 11) is 0. The van der Waals surface area contributed by atoms with E-state index in [9.17, 15) is 0 Å². The molecule has 0 rings (SSSR count). The van der Waals surface area contributed by atoms with Crippen LogP contribution < -0.4 is 0 Å². The summed E-state index contributed by atoms with van der Waals surface area (Å²) >= 11 is 0. The summed E-state index contributed by atoms with van der Waals surface area (Å²) in [6.45, 7) is 3.96. The van der Waals surface area contributed by atoms with E-state index in [0.717, 1.165) is 6.42 Å². The third-order valence-electron chi connectivity index (χ3n) is 0.890. The molecular formula is C5H10NO. The minimum Gasteiger partial charge on any atom is -0.411 e. The molecule has 7 heavy (non-hydrogen) atoms. The molecular weight excluding hydrogens is 90.1 g/mol. The van der Waals surface area contributed by atoms with Crippen molar-refractivity contribution in [2.24, 2.45) is 11.1 Å². The molecule has 0 heterocycles. The molecule has 0 bridgehead atoms. The van der Waals surface area contributed by atoms with Crippen molar-refractivity contribution in [3.8, 4) is 0 Å². The van der Waals surface area contributed by atoms with E-state index in [1.165, 1.54) is 0 Å². The molecule has 2 heteroatoms. The summed E-state index contributed by atoms with van der Waals surface area (Å²) in [4.78, 5) is 0. The Hall–Kier alpha value is -0.530. The topological polar surface area (TPSA) is 32.6 Å². The maximum absolute atomic E-state index is 7.88. The van der Waals surface area contributed by atoms with Gasteiger partial charge in [0, 0.05) is 5.92 Å². The second-order valence-electron chi connectivity index (χ2n) is 1.54. The van der Waals surface area contributed by atoms with Crippen LogP contribution in [-0.4, -0.2) is 11.4 Å². The Morgan fingerprint density at radius 3 is 2.57 bits per heavy atom. The van der Waals surface area contributed by atoms with E-state index < -0.39 is 0 Å². The van der Waals surface area contributed by atoms with Gasteiger partial charge in [0.15, 0.2) is 0 Å². The zero-order chi connectivity index (χ0) is 5.70. The maximum atomic E-state index is 7.88. The Kier molecular flexibility index (Phi) is 3.38. The van der Waals surface area contributed by atoms with Crippen molar-refractivity contribution in [2.75, 3.05) is 0 Å². The lowest BCUT2D eigenvalue weighted by Gasteiger charge is -1.91. The van der Waals surface area contributed by atoms with Crippen molar-refractivity contribution >= 4 is 6.21 Å². The fourth-order valence-electron chi connectivity index (χ4n) is 0.190. The van der Waals surface area contributed by atoms with Crippen molar-refractivity contribution in [3.05, 3.63) is 0 Å². The summed E-state index contributed by atoms with van der Waals surface area (Å²) in [6.07, 6.45) is 3.45. The Morgan fingerprint density at radius 1 is 1.86 bits per heavy atom. The van der Waals surface area contributed by atoms with Gasteiger partial charge < -0.3 is 5.21 Å². The van der Waals surface area contributed by atoms with Crippen molar-refractivity contribution in [3.63, 3.8) is 0 Å². The van der Waals surface area contributed by atoms with E-state index in [1.54, 1.807) is 0 Å². The van der Waals surface area contributed by atoms with Crippen LogP contribution in [0.1, 0.15) is 20.3 Å². The highest BCUT2D eigenvalue weighted by Crippen LogP contribution is 1.93. The SMILES string of the molecule is CCC(C)[C]=NO. The van der Waals surface area contributed by atoms with Gasteiger partial charge >= 0.3 is 0 Å². The van der Waals surface area contributed by atoms with Crippen molar-refractivity contribution in [1.29, 1.82) is 0 Å². The fraction of sp³-hybridized carbons (Fsp3) is 0.800. The van der Waals surface area contributed by atoms with Gasteiger partial charge in [0.1, 0.15) is 6.21 Å². The van der Waals surface area contributed by atoms with Gasteiger partial charge in [-0.25, -0.2) is 0 Å². The molecule has 0 aromatic heterocycles. The normalized spacial score (nSPS) is 15.1. The zero-order valence-electron chi connectivity index (χ0n) is 4.68. The van der Waals surface area contributed by atoms with Crippen LogP contribution in [-0.2, 0) is 0 Å². The smallest absolute Gasteiger partial charge is 0.107 e.